The molecule has 34 heavy (non-hydrogen) atoms. The summed E-state index contributed by atoms with van der Waals surface area (Å²) in [6.07, 6.45) is 5.79. The molecule has 1 aliphatic heterocycles. The molecule has 4 aromatic rings. The highest BCUT2D eigenvalue weighted by atomic mass is 79.9. The van der Waals surface area contributed by atoms with Gasteiger partial charge in [-0.15, -0.1) is 0 Å². The molecule has 0 aromatic carbocycles. The van der Waals surface area contributed by atoms with Gasteiger partial charge in [0, 0.05) is 49.6 Å². The van der Waals surface area contributed by atoms with E-state index in [-0.39, 0.29) is 11.8 Å². The molecule has 1 aliphatic rings. The zero-order valence-corrected chi connectivity index (χ0v) is 20.5. The van der Waals surface area contributed by atoms with Crippen LogP contribution in [0.1, 0.15) is 31.4 Å². The van der Waals surface area contributed by atoms with Gasteiger partial charge in [-0.25, -0.2) is 4.98 Å². The summed E-state index contributed by atoms with van der Waals surface area (Å²) < 4.78 is 4.13. The van der Waals surface area contributed by atoms with E-state index in [1.54, 1.807) is 32.7 Å². The minimum Gasteiger partial charge on any atom is -0.384 e. The summed E-state index contributed by atoms with van der Waals surface area (Å²) in [5.74, 6) is 0.376. The molecule has 0 bridgehead atoms. The van der Waals surface area contributed by atoms with Crippen molar-refractivity contribution < 1.29 is 9.90 Å². The van der Waals surface area contributed by atoms with Gasteiger partial charge in [0.05, 0.1) is 27.8 Å². The standard InChI is InChI=1S/C23H25BrN8O2/c1-13(33)23(34)31-9-6-14(7-10-31)20-19(24)21(25)32-22(29-20)16(12-28-32)15-3-4-17(26-11-15)18-5-8-27-30(18)2/h3-5,8,11-14,33H,6-7,9-10,25H2,1-2H3/t13-/m1/s1. The van der Waals surface area contributed by atoms with Crippen molar-refractivity contribution in [1.82, 2.24) is 34.3 Å². The zero-order chi connectivity index (χ0) is 24.0. The van der Waals surface area contributed by atoms with Gasteiger partial charge in [0.1, 0.15) is 11.9 Å². The van der Waals surface area contributed by atoms with Crippen molar-refractivity contribution in [2.75, 3.05) is 18.8 Å². The van der Waals surface area contributed by atoms with Crippen LogP contribution in [-0.2, 0) is 11.8 Å². The first-order valence-corrected chi connectivity index (χ1v) is 11.9. The van der Waals surface area contributed by atoms with Crippen LogP contribution in [0.25, 0.3) is 28.2 Å². The molecule has 1 amide bonds. The highest BCUT2D eigenvalue weighted by Gasteiger charge is 2.29. The number of halogens is 1. The van der Waals surface area contributed by atoms with Crippen LogP contribution < -0.4 is 5.73 Å². The van der Waals surface area contributed by atoms with Gasteiger partial charge >= 0.3 is 0 Å². The predicted octanol–water partition coefficient (Wildman–Crippen LogP) is 2.62. The smallest absolute Gasteiger partial charge is 0.251 e. The van der Waals surface area contributed by atoms with Crippen molar-refractivity contribution in [3.63, 3.8) is 0 Å². The lowest BCUT2D eigenvalue weighted by atomic mass is 9.93. The average molecular weight is 525 g/mol. The number of rotatable bonds is 4. The van der Waals surface area contributed by atoms with Gasteiger partial charge in [0.25, 0.3) is 5.91 Å². The Balaban J connectivity index is 1.47. The lowest BCUT2D eigenvalue weighted by Crippen LogP contribution is -2.42. The fourth-order valence-electron chi connectivity index (χ4n) is 4.45. The molecule has 10 nitrogen and oxygen atoms in total. The van der Waals surface area contributed by atoms with Gasteiger partial charge in [-0.3, -0.25) is 14.5 Å². The van der Waals surface area contributed by atoms with E-state index < -0.39 is 6.10 Å². The maximum absolute atomic E-state index is 12.1. The molecule has 11 heteroatoms. The lowest BCUT2D eigenvalue weighted by Gasteiger charge is -2.33. The summed E-state index contributed by atoms with van der Waals surface area (Å²) in [7, 11) is 1.88. The van der Waals surface area contributed by atoms with Gasteiger partial charge in [-0.05, 0) is 47.8 Å². The Kier molecular flexibility index (Phi) is 5.82. The second kappa shape index (κ2) is 8.80. The number of amides is 1. The fourth-order valence-corrected chi connectivity index (χ4v) is 5.04. The minimum absolute atomic E-state index is 0.132. The monoisotopic (exact) mass is 524 g/mol. The molecule has 0 unspecified atom stereocenters. The number of hydrogen-bond acceptors (Lipinski definition) is 7. The molecule has 5 rings (SSSR count). The number of aryl methyl sites for hydroxylation is 1. The van der Waals surface area contributed by atoms with Gasteiger partial charge in [-0.1, -0.05) is 6.07 Å². The number of aliphatic hydroxyl groups is 1. The molecule has 1 saturated heterocycles. The largest absolute Gasteiger partial charge is 0.384 e. The summed E-state index contributed by atoms with van der Waals surface area (Å²) in [5, 5.41) is 18.3. The number of aliphatic hydroxyl groups excluding tert-OH is 1. The number of carbonyl (C=O) groups excluding carboxylic acids is 1. The first kappa shape index (κ1) is 22.5. The Morgan fingerprint density at radius 3 is 2.59 bits per heavy atom. The summed E-state index contributed by atoms with van der Waals surface area (Å²) >= 11 is 3.62. The van der Waals surface area contributed by atoms with E-state index in [0.29, 0.717) is 24.6 Å². The number of nitrogens with two attached hydrogens (primary N) is 1. The van der Waals surface area contributed by atoms with E-state index >= 15 is 0 Å². The van der Waals surface area contributed by atoms with E-state index in [4.69, 9.17) is 10.7 Å². The maximum Gasteiger partial charge on any atom is 0.251 e. The maximum atomic E-state index is 12.1. The van der Waals surface area contributed by atoms with Crippen molar-refractivity contribution in [1.29, 1.82) is 0 Å². The van der Waals surface area contributed by atoms with Gasteiger partial charge in [0.15, 0.2) is 5.65 Å². The highest BCUT2D eigenvalue weighted by Crippen LogP contribution is 2.37. The molecule has 1 fully saturated rings. The molecule has 0 saturated carbocycles. The summed E-state index contributed by atoms with van der Waals surface area (Å²) in [6, 6.07) is 5.86. The third-order valence-electron chi connectivity index (χ3n) is 6.36. The van der Waals surface area contributed by atoms with Crippen LogP contribution in [0, 0.1) is 0 Å². The van der Waals surface area contributed by atoms with Gasteiger partial charge in [-0.2, -0.15) is 14.7 Å². The number of likely N-dealkylation sites (tertiary alicyclic amines) is 1. The fraction of sp³-hybridized carbons (Fsp3) is 0.348. The zero-order valence-electron chi connectivity index (χ0n) is 18.9. The number of nitrogens with zero attached hydrogens (tertiary/aromatic N) is 7. The summed E-state index contributed by atoms with van der Waals surface area (Å²) in [4.78, 5) is 23.4. The van der Waals surface area contributed by atoms with Crippen molar-refractivity contribution in [3.8, 4) is 22.5 Å². The number of fused-ring (bicyclic) bond motifs is 1. The van der Waals surface area contributed by atoms with Crippen LogP contribution in [0.15, 0.2) is 41.3 Å². The SMILES string of the molecule is C[C@@H](O)C(=O)N1CCC(c2nc3c(-c4ccc(-c5ccnn5C)nc4)cnn3c(N)c2Br)CC1. The minimum atomic E-state index is -0.986. The Bertz CT molecular complexity index is 1350. The quantitative estimate of drug-likeness (QED) is 0.419. The van der Waals surface area contributed by atoms with Crippen LogP contribution in [0.4, 0.5) is 5.82 Å². The van der Waals surface area contributed by atoms with Crippen molar-refractivity contribution >= 4 is 33.3 Å². The average Bonchev–Trinajstić information content (AvgIpc) is 3.47. The number of pyridine rings is 1. The summed E-state index contributed by atoms with van der Waals surface area (Å²) in [5.41, 5.74) is 11.4. The van der Waals surface area contributed by atoms with Gasteiger partial charge in [0.2, 0.25) is 0 Å². The lowest BCUT2D eigenvalue weighted by molar-refractivity contribution is -0.140. The predicted molar refractivity (Wildman–Crippen MR) is 131 cm³/mol. The molecule has 3 N–H and O–H groups in total. The molecule has 176 valence electrons. The number of nitrogen functional groups attached to an aromatic ring is 1. The second-order valence-corrected chi connectivity index (χ2v) is 9.33. The topological polar surface area (TPSA) is 127 Å². The molecule has 0 aliphatic carbocycles. The van der Waals surface area contributed by atoms with Crippen molar-refractivity contribution in [2.45, 2.75) is 31.8 Å². The first-order chi connectivity index (χ1) is 16.3. The Morgan fingerprint density at radius 2 is 1.97 bits per heavy atom. The van der Waals surface area contributed by atoms with Gasteiger partial charge < -0.3 is 15.7 Å². The Hall–Kier alpha value is -3.31. The highest BCUT2D eigenvalue weighted by molar-refractivity contribution is 9.10. The number of anilines is 1. The van der Waals surface area contributed by atoms with E-state index in [0.717, 1.165) is 45.5 Å². The van der Waals surface area contributed by atoms with Crippen LogP contribution in [-0.4, -0.2) is 64.5 Å². The van der Waals surface area contributed by atoms with Crippen LogP contribution in [0.3, 0.4) is 0 Å². The first-order valence-electron chi connectivity index (χ1n) is 11.1. The van der Waals surface area contributed by atoms with E-state index in [2.05, 4.69) is 31.1 Å². The van der Waals surface area contributed by atoms with Crippen molar-refractivity contribution in [2.24, 2.45) is 7.05 Å². The molecule has 0 radical (unpaired) electrons. The Labute approximate surface area is 204 Å². The van der Waals surface area contributed by atoms with E-state index in [9.17, 15) is 9.90 Å². The number of hydrogen-bond donors (Lipinski definition) is 2. The molecular weight excluding hydrogens is 500 g/mol. The molecule has 1 atom stereocenters. The molecule has 5 heterocycles. The third kappa shape index (κ3) is 3.84. The molecule has 4 aromatic heterocycles. The van der Waals surface area contributed by atoms with E-state index in [1.165, 1.54) is 6.92 Å². The second-order valence-electron chi connectivity index (χ2n) is 8.54. The van der Waals surface area contributed by atoms with Crippen molar-refractivity contribution in [3.05, 3.63) is 47.0 Å². The van der Waals surface area contributed by atoms with E-state index in [1.807, 2.05) is 25.2 Å². The number of carbonyl (C=O) groups is 1. The molecular formula is C23H25BrN8O2. The molecule has 0 spiro atoms. The Morgan fingerprint density at radius 1 is 1.21 bits per heavy atom. The normalized spacial score (nSPS) is 15.7. The van der Waals surface area contributed by atoms with Crippen LogP contribution in [0.5, 0.6) is 0 Å². The van der Waals surface area contributed by atoms with Crippen LogP contribution in [0.2, 0.25) is 0 Å². The van der Waals surface area contributed by atoms with Crippen LogP contribution >= 0.6 is 15.9 Å². The summed E-state index contributed by atoms with van der Waals surface area (Å²) in [6.45, 7) is 2.64. The number of piperidine rings is 1. The number of aromatic nitrogens is 6. The third-order valence-corrected chi connectivity index (χ3v) is 7.17.